The van der Waals surface area contributed by atoms with E-state index < -0.39 is 0 Å². The van der Waals surface area contributed by atoms with Crippen molar-refractivity contribution in [1.82, 2.24) is 14.8 Å². The molecular formula is C22H24N6O2. The molecule has 4 heterocycles. The number of nitrogens with zero attached hydrogens (tertiary/aromatic N) is 6. The molecule has 5 rings (SSSR count). The van der Waals surface area contributed by atoms with E-state index in [1.807, 2.05) is 41.3 Å². The summed E-state index contributed by atoms with van der Waals surface area (Å²) >= 11 is 0. The number of hydrogen-bond donors (Lipinski definition) is 0. The van der Waals surface area contributed by atoms with Gasteiger partial charge in [0.15, 0.2) is 0 Å². The van der Waals surface area contributed by atoms with Gasteiger partial charge in [-0.25, -0.2) is 9.98 Å². The number of hydrogen-bond acceptors (Lipinski definition) is 6. The summed E-state index contributed by atoms with van der Waals surface area (Å²) in [7, 11) is 0. The van der Waals surface area contributed by atoms with Crippen LogP contribution in [-0.2, 0) is 4.79 Å². The highest BCUT2D eigenvalue weighted by molar-refractivity contribution is 6.21. The molecule has 1 atom stereocenters. The topological polar surface area (TPSA) is 81.5 Å². The van der Waals surface area contributed by atoms with E-state index in [-0.39, 0.29) is 17.7 Å². The average Bonchev–Trinajstić information content (AvgIpc) is 3.34. The molecule has 1 aliphatic carbocycles. The molecule has 0 N–H and O–H groups in total. The van der Waals surface area contributed by atoms with Gasteiger partial charge >= 0.3 is 0 Å². The second-order valence-electron chi connectivity index (χ2n) is 7.88. The summed E-state index contributed by atoms with van der Waals surface area (Å²) in [4.78, 5) is 44.4. The summed E-state index contributed by atoms with van der Waals surface area (Å²) in [6, 6.07) is 3.81. The van der Waals surface area contributed by atoms with Crippen LogP contribution < -0.4 is 4.90 Å². The Labute approximate surface area is 175 Å². The van der Waals surface area contributed by atoms with Gasteiger partial charge in [0.25, 0.3) is 11.8 Å². The highest BCUT2D eigenvalue weighted by Gasteiger charge is 2.30. The van der Waals surface area contributed by atoms with Gasteiger partial charge < -0.3 is 14.7 Å². The van der Waals surface area contributed by atoms with Gasteiger partial charge in [0, 0.05) is 39.3 Å². The fourth-order valence-electron chi connectivity index (χ4n) is 4.24. The lowest BCUT2D eigenvalue weighted by Crippen LogP contribution is -2.51. The molecule has 0 spiro atoms. The van der Waals surface area contributed by atoms with Gasteiger partial charge in [0.1, 0.15) is 11.6 Å². The van der Waals surface area contributed by atoms with E-state index in [1.54, 1.807) is 11.1 Å². The van der Waals surface area contributed by atoms with E-state index >= 15 is 0 Å². The van der Waals surface area contributed by atoms with Crippen molar-refractivity contribution in [3.63, 3.8) is 0 Å². The van der Waals surface area contributed by atoms with E-state index in [2.05, 4.69) is 19.9 Å². The predicted octanol–water partition coefficient (Wildman–Crippen LogP) is 1.52. The molecule has 1 unspecified atom stereocenters. The van der Waals surface area contributed by atoms with Crippen LogP contribution in [0.5, 0.6) is 0 Å². The Morgan fingerprint density at radius 1 is 0.933 bits per heavy atom. The molecule has 2 fully saturated rings. The van der Waals surface area contributed by atoms with Crippen LogP contribution in [0.3, 0.4) is 0 Å². The zero-order valence-corrected chi connectivity index (χ0v) is 16.8. The Bertz CT molecular complexity index is 964. The second kappa shape index (κ2) is 7.85. The molecule has 154 valence electrons. The number of anilines is 1. The van der Waals surface area contributed by atoms with Crippen LogP contribution >= 0.6 is 0 Å². The number of pyridine rings is 1. The fourth-order valence-corrected chi connectivity index (χ4v) is 4.24. The zero-order chi connectivity index (χ0) is 20.5. The first-order chi connectivity index (χ1) is 14.7. The van der Waals surface area contributed by atoms with Gasteiger partial charge in [-0.2, -0.15) is 4.99 Å². The van der Waals surface area contributed by atoms with Crippen molar-refractivity contribution in [3.8, 4) is 0 Å². The molecule has 2 amide bonds. The van der Waals surface area contributed by atoms with Gasteiger partial charge in [-0.1, -0.05) is 18.2 Å². The SMILES string of the molecule is O=C1N=C(N2CCN(C(=O)c3ccc(N4CCCC4)cn3)CC2)N=C2C=CC=CC12. The van der Waals surface area contributed by atoms with Crippen LogP contribution in [0.25, 0.3) is 0 Å². The Morgan fingerprint density at radius 2 is 1.73 bits per heavy atom. The average molecular weight is 404 g/mol. The number of aromatic nitrogens is 1. The van der Waals surface area contributed by atoms with Gasteiger partial charge in [-0.05, 0) is 31.1 Å². The van der Waals surface area contributed by atoms with Crippen molar-refractivity contribution < 1.29 is 9.59 Å². The molecule has 4 aliphatic rings. The van der Waals surface area contributed by atoms with Crippen LogP contribution in [0, 0.1) is 5.92 Å². The number of aliphatic imine (C=N–C) groups is 2. The number of piperazine rings is 1. The Hall–Kier alpha value is -3.29. The highest BCUT2D eigenvalue weighted by atomic mass is 16.2. The smallest absolute Gasteiger partial charge is 0.272 e. The molecule has 0 bridgehead atoms. The first-order valence-electron chi connectivity index (χ1n) is 10.5. The molecule has 2 saturated heterocycles. The largest absolute Gasteiger partial charge is 0.370 e. The number of fused-ring (bicyclic) bond motifs is 1. The van der Waals surface area contributed by atoms with Crippen LogP contribution in [0.15, 0.2) is 52.6 Å². The summed E-state index contributed by atoms with van der Waals surface area (Å²) < 4.78 is 0. The Morgan fingerprint density at radius 3 is 2.47 bits per heavy atom. The van der Waals surface area contributed by atoms with E-state index in [0.29, 0.717) is 37.8 Å². The summed E-state index contributed by atoms with van der Waals surface area (Å²) in [5, 5.41) is 0. The first-order valence-corrected chi connectivity index (χ1v) is 10.5. The van der Waals surface area contributed by atoms with E-state index in [9.17, 15) is 9.59 Å². The molecule has 1 aromatic rings. The maximum atomic E-state index is 12.9. The normalized spacial score (nSPS) is 23.4. The number of carbonyl (C=O) groups excluding carboxylic acids is 2. The van der Waals surface area contributed by atoms with Crippen molar-refractivity contribution in [3.05, 3.63) is 48.3 Å². The quantitative estimate of drug-likeness (QED) is 0.747. The van der Waals surface area contributed by atoms with Gasteiger partial charge in [-0.15, -0.1) is 0 Å². The first kappa shape index (κ1) is 18.7. The van der Waals surface area contributed by atoms with Crippen molar-refractivity contribution in [2.24, 2.45) is 15.9 Å². The van der Waals surface area contributed by atoms with Gasteiger partial charge in [0.2, 0.25) is 5.96 Å². The third kappa shape index (κ3) is 3.53. The predicted molar refractivity (Wildman–Crippen MR) is 115 cm³/mol. The maximum Gasteiger partial charge on any atom is 0.272 e. The summed E-state index contributed by atoms with van der Waals surface area (Å²) in [5.74, 6) is -0.157. The number of allylic oxidation sites excluding steroid dienone is 3. The van der Waals surface area contributed by atoms with Crippen molar-refractivity contribution in [1.29, 1.82) is 0 Å². The van der Waals surface area contributed by atoms with Gasteiger partial charge in [-0.3, -0.25) is 9.59 Å². The molecule has 30 heavy (non-hydrogen) atoms. The fraction of sp³-hybridized carbons (Fsp3) is 0.409. The Balaban J connectivity index is 1.21. The third-order valence-corrected chi connectivity index (χ3v) is 5.99. The van der Waals surface area contributed by atoms with Gasteiger partial charge in [0.05, 0.1) is 17.6 Å². The Kier molecular flexibility index (Phi) is 4.90. The minimum atomic E-state index is -0.365. The van der Waals surface area contributed by atoms with E-state index in [1.165, 1.54) is 12.8 Å². The van der Waals surface area contributed by atoms with Crippen molar-refractivity contribution >= 4 is 29.2 Å². The maximum absolute atomic E-state index is 12.9. The molecule has 0 radical (unpaired) electrons. The second-order valence-corrected chi connectivity index (χ2v) is 7.88. The number of amides is 2. The highest BCUT2D eigenvalue weighted by Crippen LogP contribution is 2.21. The lowest BCUT2D eigenvalue weighted by atomic mass is 9.97. The monoisotopic (exact) mass is 404 g/mol. The molecule has 1 aromatic heterocycles. The van der Waals surface area contributed by atoms with Crippen LogP contribution in [0.2, 0.25) is 0 Å². The standard InChI is InChI=1S/C22H24N6O2/c29-20-17-5-1-2-6-18(17)24-22(25-20)28-13-11-27(12-14-28)21(30)19-8-7-16(15-23-19)26-9-3-4-10-26/h1-2,5-8,15,17H,3-4,9-14H2. The number of carbonyl (C=O) groups is 2. The molecular weight excluding hydrogens is 380 g/mol. The van der Waals surface area contributed by atoms with Crippen molar-refractivity contribution in [2.75, 3.05) is 44.2 Å². The molecule has 0 aromatic carbocycles. The summed E-state index contributed by atoms with van der Waals surface area (Å²) in [5.41, 5.74) is 2.28. The summed E-state index contributed by atoms with van der Waals surface area (Å²) in [6.45, 7) is 4.38. The minimum Gasteiger partial charge on any atom is -0.370 e. The molecule has 3 aliphatic heterocycles. The van der Waals surface area contributed by atoms with E-state index in [4.69, 9.17) is 0 Å². The van der Waals surface area contributed by atoms with Crippen LogP contribution in [-0.4, -0.2) is 77.5 Å². The summed E-state index contributed by atoms with van der Waals surface area (Å²) in [6.07, 6.45) is 11.6. The lowest BCUT2D eigenvalue weighted by molar-refractivity contribution is -0.118. The molecule has 0 saturated carbocycles. The molecule has 8 heteroatoms. The van der Waals surface area contributed by atoms with E-state index in [0.717, 1.165) is 24.5 Å². The number of rotatable bonds is 2. The van der Waals surface area contributed by atoms with Crippen LogP contribution in [0.4, 0.5) is 5.69 Å². The minimum absolute atomic E-state index is 0.0592. The lowest BCUT2D eigenvalue weighted by Gasteiger charge is -2.36. The van der Waals surface area contributed by atoms with Crippen LogP contribution in [0.1, 0.15) is 23.3 Å². The number of guanidine groups is 1. The third-order valence-electron chi connectivity index (χ3n) is 5.99. The van der Waals surface area contributed by atoms with Crippen molar-refractivity contribution in [2.45, 2.75) is 12.8 Å². The molecule has 8 nitrogen and oxygen atoms in total. The zero-order valence-electron chi connectivity index (χ0n) is 16.8.